The van der Waals surface area contributed by atoms with Crippen molar-refractivity contribution in [3.63, 3.8) is 0 Å². The molecule has 0 radical (unpaired) electrons. The number of nitrogens with one attached hydrogen (secondary N) is 2. The molecule has 2 rings (SSSR count). The SMILES string of the molecule is CCNc1c(F)cccc1C(=O)Nc1cccc(F)c1C. The number of rotatable bonds is 4. The number of carbonyl (C=O) groups is 1. The first-order chi connectivity index (χ1) is 10.0. The number of carbonyl (C=O) groups excluding carboxylic acids is 1. The van der Waals surface area contributed by atoms with E-state index in [1.165, 1.54) is 30.3 Å². The minimum Gasteiger partial charge on any atom is -0.382 e. The van der Waals surface area contributed by atoms with E-state index in [2.05, 4.69) is 10.6 Å². The van der Waals surface area contributed by atoms with Gasteiger partial charge in [0.2, 0.25) is 0 Å². The van der Waals surface area contributed by atoms with Gasteiger partial charge in [-0.15, -0.1) is 0 Å². The summed E-state index contributed by atoms with van der Waals surface area (Å²) in [5, 5.41) is 5.43. The molecule has 2 aromatic carbocycles. The highest BCUT2D eigenvalue weighted by molar-refractivity contribution is 6.08. The number of para-hydroxylation sites is 1. The lowest BCUT2D eigenvalue weighted by Crippen LogP contribution is -2.16. The summed E-state index contributed by atoms with van der Waals surface area (Å²) >= 11 is 0. The van der Waals surface area contributed by atoms with Crippen LogP contribution in [0.15, 0.2) is 36.4 Å². The van der Waals surface area contributed by atoms with Crippen LogP contribution in [0.1, 0.15) is 22.8 Å². The highest BCUT2D eigenvalue weighted by Gasteiger charge is 2.16. The van der Waals surface area contributed by atoms with E-state index in [1.54, 1.807) is 13.0 Å². The van der Waals surface area contributed by atoms with Crippen molar-refractivity contribution in [1.82, 2.24) is 0 Å². The van der Waals surface area contributed by atoms with Crippen LogP contribution in [-0.4, -0.2) is 12.5 Å². The summed E-state index contributed by atoms with van der Waals surface area (Å²) in [5.74, 6) is -1.39. The molecule has 2 N–H and O–H groups in total. The van der Waals surface area contributed by atoms with Crippen LogP contribution in [0.4, 0.5) is 20.2 Å². The Morgan fingerprint density at radius 3 is 2.48 bits per heavy atom. The van der Waals surface area contributed by atoms with Crippen molar-refractivity contribution in [3.05, 3.63) is 59.2 Å². The summed E-state index contributed by atoms with van der Waals surface area (Å²) < 4.78 is 27.2. The van der Waals surface area contributed by atoms with Crippen molar-refractivity contribution in [3.8, 4) is 0 Å². The van der Waals surface area contributed by atoms with Crippen LogP contribution in [0, 0.1) is 18.6 Å². The molecule has 21 heavy (non-hydrogen) atoms. The van der Waals surface area contributed by atoms with Gasteiger partial charge in [0.1, 0.15) is 11.6 Å². The van der Waals surface area contributed by atoms with Gasteiger partial charge in [-0.1, -0.05) is 12.1 Å². The summed E-state index contributed by atoms with van der Waals surface area (Å²) in [5.41, 5.74) is 1.03. The van der Waals surface area contributed by atoms with Crippen LogP contribution in [0.2, 0.25) is 0 Å². The fourth-order valence-corrected chi connectivity index (χ4v) is 2.00. The van der Waals surface area contributed by atoms with Crippen molar-refractivity contribution in [1.29, 1.82) is 0 Å². The van der Waals surface area contributed by atoms with Crippen LogP contribution >= 0.6 is 0 Å². The lowest BCUT2D eigenvalue weighted by molar-refractivity contribution is 0.102. The second-order valence-corrected chi connectivity index (χ2v) is 4.56. The van der Waals surface area contributed by atoms with Crippen LogP contribution < -0.4 is 10.6 Å². The number of benzene rings is 2. The summed E-state index contributed by atoms with van der Waals surface area (Å²) in [7, 11) is 0. The molecule has 0 aromatic heterocycles. The number of hydrogen-bond acceptors (Lipinski definition) is 2. The van der Waals surface area contributed by atoms with Gasteiger partial charge >= 0.3 is 0 Å². The van der Waals surface area contributed by atoms with Crippen molar-refractivity contribution >= 4 is 17.3 Å². The molecule has 0 heterocycles. The van der Waals surface area contributed by atoms with Crippen LogP contribution in [0.25, 0.3) is 0 Å². The van der Waals surface area contributed by atoms with E-state index in [0.29, 0.717) is 17.8 Å². The second-order valence-electron chi connectivity index (χ2n) is 4.56. The fourth-order valence-electron chi connectivity index (χ4n) is 2.00. The smallest absolute Gasteiger partial charge is 0.257 e. The maximum Gasteiger partial charge on any atom is 0.257 e. The molecular formula is C16H16F2N2O. The zero-order chi connectivity index (χ0) is 15.4. The van der Waals surface area contributed by atoms with Crippen LogP contribution in [0.5, 0.6) is 0 Å². The van der Waals surface area contributed by atoms with Crippen LogP contribution in [0.3, 0.4) is 0 Å². The maximum atomic E-state index is 13.8. The van der Waals surface area contributed by atoms with Gasteiger partial charge in [-0.3, -0.25) is 4.79 Å². The molecule has 3 nitrogen and oxygen atoms in total. The molecule has 0 atom stereocenters. The van der Waals surface area contributed by atoms with Gasteiger partial charge < -0.3 is 10.6 Å². The Balaban J connectivity index is 2.33. The standard InChI is InChI=1S/C16H16F2N2O/c1-3-19-15-11(6-4-8-13(15)18)16(21)20-14-9-5-7-12(17)10(14)2/h4-9,19H,3H2,1-2H3,(H,20,21). The molecule has 110 valence electrons. The van der Waals surface area contributed by atoms with E-state index in [1.807, 2.05) is 6.92 Å². The molecule has 0 aliphatic heterocycles. The molecule has 0 aliphatic rings. The van der Waals surface area contributed by atoms with Crippen molar-refractivity contribution in [2.24, 2.45) is 0 Å². The Morgan fingerprint density at radius 1 is 1.10 bits per heavy atom. The molecule has 0 saturated heterocycles. The molecule has 1 amide bonds. The largest absolute Gasteiger partial charge is 0.382 e. The normalized spacial score (nSPS) is 10.3. The third kappa shape index (κ3) is 3.18. The lowest BCUT2D eigenvalue weighted by Gasteiger charge is -2.13. The highest BCUT2D eigenvalue weighted by atomic mass is 19.1. The van der Waals surface area contributed by atoms with E-state index in [4.69, 9.17) is 0 Å². The monoisotopic (exact) mass is 290 g/mol. The highest BCUT2D eigenvalue weighted by Crippen LogP contribution is 2.23. The van der Waals surface area contributed by atoms with Gasteiger partial charge in [-0.25, -0.2) is 8.78 Å². The Morgan fingerprint density at radius 2 is 1.76 bits per heavy atom. The topological polar surface area (TPSA) is 41.1 Å². The Kier molecular flexibility index (Phi) is 4.52. The number of amides is 1. The zero-order valence-electron chi connectivity index (χ0n) is 11.8. The third-order valence-electron chi connectivity index (χ3n) is 3.13. The lowest BCUT2D eigenvalue weighted by atomic mass is 10.1. The molecule has 0 bridgehead atoms. The number of anilines is 2. The minimum absolute atomic E-state index is 0.145. The van der Waals surface area contributed by atoms with Gasteiger partial charge in [0.15, 0.2) is 0 Å². The summed E-state index contributed by atoms with van der Waals surface area (Å²) in [6.45, 7) is 3.87. The first-order valence-electron chi connectivity index (χ1n) is 6.63. The van der Waals surface area contributed by atoms with E-state index >= 15 is 0 Å². The second kappa shape index (κ2) is 6.35. The number of hydrogen-bond donors (Lipinski definition) is 2. The van der Waals surface area contributed by atoms with Gasteiger partial charge in [-0.05, 0) is 38.1 Å². The molecule has 0 spiro atoms. The van der Waals surface area contributed by atoms with Gasteiger partial charge in [0.25, 0.3) is 5.91 Å². The molecule has 0 unspecified atom stereocenters. The van der Waals surface area contributed by atoms with Crippen molar-refractivity contribution in [2.45, 2.75) is 13.8 Å². The van der Waals surface area contributed by atoms with Gasteiger partial charge in [0.05, 0.1) is 11.3 Å². The van der Waals surface area contributed by atoms with Crippen molar-refractivity contribution in [2.75, 3.05) is 17.2 Å². The first-order valence-corrected chi connectivity index (χ1v) is 6.63. The summed E-state index contributed by atoms with van der Waals surface area (Å²) in [6, 6.07) is 8.69. The average Bonchev–Trinajstić information content (AvgIpc) is 2.46. The zero-order valence-corrected chi connectivity index (χ0v) is 11.8. The first kappa shape index (κ1) is 15.0. The van der Waals surface area contributed by atoms with E-state index < -0.39 is 17.5 Å². The molecule has 5 heteroatoms. The quantitative estimate of drug-likeness (QED) is 0.895. The molecule has 0 aliphatic carbocycles. The summed E-state index contributed by atoms with van der Waals surface area (Å²) in [4.78, 5) is 12.3. The summed E-state index contributed by atoms with van der Waals surface area (Å²) in [6.07, 6.45) is 0. The fraction of sp³-hybridized carbons (Fsp3) is 0.188. The molecule has 2 aromatic rings. The maximum absolute atomic E-state index is 13.8. The molecule has 0 fully saturated rings. The Labute approximate surface area is 122 Å². The molecule has 0 saturated carbocycles. The van der Waals surface area contributed by atoms with E-state index in [-0.39, 0.29) is 11.3 Å². The molecular weight excluding hydrogens is 274 g/mol. The average molecular weight is 290 g/mol. The van der Waals surface area contributed by atoms with Gasteiger partial charge in [-0.2, -0.15) is 0 Å². The predicted octanol–water partition coefficient (Wildman–Crippen LogP) is 3.96. The Hall–Kier alpha value is -2.43. The van der Waals surface area contributed by atoms with Crippen LogP contribution in [-0.2, 0) is 0 Å². The Bertz CT molecular complexity index is 671. The van der Waals surface area contributed by atoms with Crippen molar-refractivity contribution < 1.29 is 13.6 Å². The number of halogens is 2. The van der Waals surface area contributed by atoms with E-state index in [9.17, 15) is 13.6 Å². The van der Waals surface area contributed by atoms with E-state index in [0.717, 1.165) is 0 Å². The minimum atomic E-state index is -0.500. The van der Waals surface area contributed by atoms with Gasteiger partial charge in [0, 0.05) is 17.8 Å². The third-order valence-corrected chi connectivity index (χ3v) is 3.13. The predicted molar refractivity (Wildman–Crippen MR) is 79.7 cm³/mol.